The van der Waals surface area contributed by atoms with Crippen LogP contribution in [-0.4, -0.2) is 30.4 Å². The molecule has 4 heteroatoms. The summed E-state index contributed by atoms with van der Waals surface area (Å²) in [5.74, 6) is 0. The maximum Gasteiger partial charge on any atom is 0.0983 e. The average Bonchev–Trinajstić information content (AvgIpc) is 3.69. The van der Waals surface area contributed by atoms with Crippen molar-refractivity contribution < 1.29 is 0 Å². The van der Waals surface area contributed by atoms with E-state index in [4.69, 9.17) is 0 Å². The van der Waals surface area contributed by atoms with Gasteiger partial charge in [-0.3, -0.25) is 0 Å². The third-order valence-electron chi connectivity index (χ3n) is 19.2. The summed E-state index contributed by atoms with van der Waals surface area (Å²) in [6.45, 7) is 43.6. The standard InChI is InChI=1S/C38H62Si4/c1-31(2)32(3,4)39(31,15)40(16)35(9,10)37(40,13)27-28-38(14)36(11,12)42(38,30-25-21-18-22-26-30)41(29-23-19-17-20-24-29)33(5,6)34(41,7)8/h17-26H,27-28H2,1-16H3. The van der Waals surface area contributed by atoms with Gasteiger partial charge < -0.3 is 0 Å². The molecule has 0 radical (unpaired) electrons. The quantitative estimate of drug-likeness (QED) is 0.267. The third-order valence-corrected chi connectivity index (χ3v) is 71.8. The van der Waals surface area contributed by atoms with Crippen molar-refractivity contribution in [3.05, 3.63) is 60.7 Å². The lowest BCUT2D eigenvalue weighted by Gasteiger charge is -2.36. The van der Waals surface area contributed by atoms with Crippen LogP contribution in [0.15, 0.2) is 60.7 Å². The van der Waals surface area contributed by atoms with Gasteiger partial charge in [0, 0.05) is 0 Å². The molecule has 4 fully saturated rings. The van der Waals surface area contributed by atoms with Gasteiger partial charge in [0.05, 0.1) is 30.4 Å². The van der Waals surface area contributed by atoms with Gasteiger partial charge in [-0.15, -0.1) is 0 Å². The van der Waals surface area contributed by atoms with Crippen LogP contribution in [0, 0.1) is 0 Å². The molecule has 0 nitrogen and oxygen atoms in total. The maximum absolute atomic E-state index is 2.89. The van der Waals surface area contributed by atoms with Crippen LogP contribution in [0.4, 0.5) is 0 Å². The fourth-order valence-electron chi connectivity index (χ4n) is 14.6. The Kier molecular flexibility index (Phi) is 5.82. The van der Waals surface area contributed by atoms with E-state index in [0.717, 1.165) is 0 Å². The fraction of sp³-hybridized carbons (Fsp3) is 0.684. The highest BCUT2D eigenvalue weighted by molar-refractivity contribution is 7.63. The van der Waals surface area contributed by atoms with Crippen molar-refractivity contribution in [1.82, 2.24) is 0 Å². The lowest BCUT2D eigenvalue weighted by molar-refractivity contribution is 0.453. The Balaban J connectivity index is 1.50. The zero-order valence-corrected chi connectivity index (χ0v) is 34.2. The van der Waals surface area contributed by atoms with Crippen LogP contribution in [0.25, 0.3) is 0 Å². The Labute approximate surface area is 263 Å². The van der Waals surface area contributed by atoms with Gasteiger partial charge in [0.1, 0.15) is 0 Å². The largest absolute Gasteiger partial charge is 0.0983 e. The molecule has 0 N–H and O–H groups in total. The zero-order valence-electron chi connectivity index (χ0n) is 30.2. The van der Waals surface area contributed by atoms with Crippen LogP contribution in [0.1, 0.15) is 110 Å². The monoisotopic (exact) mass is 630 g/mol. The smallest absolute Gasteiger partial charge is 0.0703 e. The first-order valence-electron chi connectivity index (χ1n) is 17.0. The summed E-state index contributed by atoms with van der Waals surface area (Å²) in [5, 5.41) is 7.28. The van der Waals surface area contributed by atoms with Gasteiger partial charge in [0.15, 0.2) is 0 Å². The van der Waals surface area contributed by atoms with E-state index in [-0.39, 0.29) is 0 Å². The van der Waals surface area contributed by atoms with Crippen LogP contribution >= 0.6 is 0 Å². The fourth-order valence-corrected chi connectivity index (χ4v) is 80.3. The minimum Gasteiger partial charge on any atom is -0.0703 e. The Hall–Kier alpha value is -0.692. The molecule has 230 valence electrons. The van der Waals surface area contributed by atoms with E-state index in [9.17, 15) is 0 Å². The molecular weight excluding hydrogens is 569 g/mol. The predicted molar refractivity (Wildman–Crippen MR) is 197 cm³/mol. The molecular formula is C38H62Si4. The molecule has 0 saturated carbocycles. The normalized spacial score (nSPS) is 41.0. The number of hydrogen-bond donors (Lipinski definition) is 0. The van der Waals surface area contributed by atoms with Crippen LogP contribution in [-0.2, 0) is 0 Å². The van der Waals surface area contributed by atoms with Crippen LogP contribution < -0.4 is 10.4 Å². The van der Waals surface area contributed by atoms with Crippen LogP contribution in [0.5, 0.6) is 0 Å². The highest BCUT2D eigenvalue weighted by Crippen LogP contribution is 3.00. The van der Waals surface area contributed by atoms with Gasteiger partial charge in [-0.1, -0.05) is 181 Å². The molecule has 0 spiro atoms. The predicted octanol–water partition coefficient (Wildman–Crippen LogP) is 11.0. The summed E-state index contributed by atoms with van der Waals surface area (Å²) >= 11 is 0. The van der Waals surface area contributed by atoms with Crippen LogP contribution in [0.2, 0.25) is 53.4 Å². The van der Waals surface area contributed by atoms with Crippen molar-refractivity contribution in [2.75, 3.05) is 0 Å². The van der Waals surface area contributed by atoms with Crippen LogP contribution in [0.3, 0.4) is 0 Å². The van der Waals surface area contributed by atoms with Crippen molar-refractivity contribution >= 4 is 40.7 Å². The molecule has 0 bridgehead atoms. The minimum atomic E-state index is -2.02. The lowest BCUT2D eigenvalue weighted by Crippen LogP contribution is -2.65. The zero-order chi connectivity index (χ0) is 31.6. The second-order valence-electron chi connectivity index (χ2n) is 19.4. The second-order valence-corrected chi connectivity index (χ2v) is 48.3. The second kappa shape index (κ2) is 7.81. The van der Waals surface area contributed by atoms with Gasteiger partial charge >= 0.3 is 0 Å². The first-order chi connectivity index (χ1) is 18.9. The molecule has 0 aromatic heterocycles. The van der Waals surface area contributed by atoms with Crippen molar-refractivity contribution in [3.8, 4) is 0 Å². The topological polar surface area (TPSA) is 0 Å². The first-order valence-corrected chi connectivity index (χ1v) is 28.0. The summed E-state index contributed by atoms with van der Waals surface area (Å²) in [6, 6.07) is 24.2. The molecule has 42 heavy (non-hydrogen) atoms. The van der Waals surface area contributed by atoms with Gasteiger partial charge in [-0.25, -0.2) is 0 Å². The molecule has 2 aromatic carbocycles. The van der Waals surface area contributed by atoms with E-state index < -0.39 is 30.4 Å². The van der Waals surface area contributed by atoms with Gasteiger partial charge in [0.25, 0.3) is 0 Å². The SMILES string of the molecule is CC1(C)C(C)(C)[Si]1(C)[Si]1(C)C(C)(C)C1(C)CCC1(C)C(C)(C)[Si]1(c1ccccc1)[Si]1(c2ccccc2)C(C)(C)C1(C)C. The first kappa shape index (κ1) is 31.3. The molecule has 2 aromatic rings. The van der Waals surface area contributed by atoms with E-state index in [1.54, 1.807) is 10.4 Å². The summed E-state index contributed by atoms with van der Waals surface area (Å²) in [5.41, 5.74) is 0. The molecule has 4 aliphatic rings. The minimum absolute atomic E-state index is 0.376. The third kappa shape index (κ3) is 2.49. The van der Waals surface area contributed by atoms with E-state index in [0.29, 0.717) is 40.3 Å². The Morgan fingerprint density at radius 1 is 0.381 bits per heavy atom. The van der Waals surface area contributed by atoms with Crippen molar-refractivity contribution in [2.45, 2.75) is 163 Å². The molecule has 6 rings (SSSR count). The highest BCUT2D eigenvalue weighted by atomic mass is 29.3. The highest BCUT2D eigenvalue weighted by Gasteiger charge is 3.00. The number of benzene rings is 2. The number of rotatable bonds is 7. The van der Waals surface area contributed by atoms with Gasteiger partial charge in [-0.2, -0.15) is 0 Å². The molecule has 4 unspecified atom stereocenters. The van der Waals surface area contributed by atoms with Crippen molar-refractivity contribution in [3.63, 3.8) is 0 Å². The van der Waals surface area contributed by atoms with Crippen molar-refractivity contribution in [2.24, 2.45) is 0 Å². The maximum atomic E-state index is 2.89. The summed E-state index contributed by atoms with van der Waals surface area (Å²) < 4.78 is 0. The Morgan fingerprint density at radius 3 is 1.10 bits per heavy atom. The molecule has 4 saturated heterocycles. The van der Waals surface area contributed by atoms with E-state index in [1.807, 2.05) is 0 Å². The summed E-state index contributed by atoms with van der Waals surface area (Å²) in [6.07, 6.45) is 2.86. The van der Waals surface area contributed by atoms with Gasteiger partial charge in [-0.05, 0) is 53.1 Å². The van der Waals surface area contributed by atoms with E-state index in [2.05, 4.69) is 171 Å². The summed E-state index contributed by atoms with van der Waals surface area (Å²) in [7, 11) is -6.87. The molecule has 0 amide bonds. The van der Waals surface area contributed by atoms with Crippen molar-refractivity contribution in [1.29, 1.82) is 0 Å². The van der Waals surface area contributed by atoms with E-state index >= 15 is 0 Å². The molecule has 4 aliphatic heterocycles. The molecule has 4 atom stereocenters. The molecule has 4 heterocycles. The summed E-state index contributed by atoms with van der Waals surface area (Å²) in [4.78, 5) is 0. The Morgan fingerprint density at radius 2 is 0.738 bits per heavy atom. The lowest BCUT2D eigenvalue weighted by atomic mass is 9.86. The Bertz CT molecular complexity index is 1420. The number of hydrogen-bond acceptors (Lipinski definition) is 0. The van der Waals surface area contributed by atoms with E-state index in [1.165, 1.54) is 12.8 Å². The molecule has 0 aliphatic carbocycles. The average molecular weight is 631 g/mol. The van der Waals surface area contributed by atoms with Gasteiger partial charge in [0.2, 0.25) is 0 Å².